The summed E-state index contributed by atoms with van der Waals surface area (Å²) >= 11 is 1.68. The van der Waals surface area contributed by atoms with E-state index >= 15 is 0 Å². The first-order valence-electron chi connectivity index (χ1n) is 6.91. The van der Waals surface area contributed by atoms with E-state index in [1.54, 1.807) is 11.3 Å². The summed E-state index contributed by atoms with van der Waals surface area (Å²) in [4.78, 5) is 4.57. The largest absolute Gasteiger partial charge is 0.487 e. The van der Waals surface area contributed by atoms with Gasteiger partial charge in [0.05, 0.1) is 5.69 Å². The molecule has 1 N–H and O–H groups in total. The van der Waals surface area contributed by atoms with Crippen LogP contribution in [0.25, 0.3) is 0 Å². The van der Waals surface area contributed by atoms with Gasteiger partial charge in [-0.3, -0.25) is 0 Å². The summed E-state index contributed by atoms with van der Waals surface area (Å²) < 4.78 is 5.79. The number of rotatable bonds is 6. The number of hydrogen-bond donors (Lipinski definition) is 1. The molecule has 0 bridgehead atoms. The van der Waals surface area contributed by atoms with Gasteiger partial charge >= 0.3 is 0 Å². The van der Waals surface area contributed by atoms with E-state index in [-0.39, 0.29) is 0 Å². The van der Waals surface area contributed by atoms with Crippen LogP contribution in [0.4, 0.5) is 0 Å². The zero-order chi connectivity index (χ0) is 14.5. The first kappa shape index (κ1) is 15.0. The Kier molecular flexibility index (Phi) is 5.15. The third-order valence-electron chi connectivity index (χ3n) is 3.13. The molecule has 0 spiro atoms. The lowest BCUT2D eigenvalue weighted by Crippen LogP contribution is -2.21. The van der Waals surface area contributed by atoms with Gasteiger partial charge in [0, 0.05) is 18.0 Å². The fourth-order valence-corrected chi connectivity index (χ4v) is 2.48. The first-order chi connectivity index (χ1) is 9.54. The van der Waals surface area contributed by atoms with Crippen LogP contribution in [-0.4, -0.2) is 11.0 Å². The average molecular weight is 290 g/mol. The van der Waals surface area contributed by atoms with Crippen LogP contribution in [-0.2, 0) is 13.2 Å². The molecule has 1 heterocycles. The lowest BCUT2D eigenvalue weighted by Gasteiger charge is -2.07. The Morgan fingerprint density at radius 2 is 2.05 bits per heavy atom. The van der Waals surface area contributed by atoms with E-state index in [0.717, 1.165) is 23.0 Å². The highest BCUT2D eigenvalue weighted by atomic mass is 32.1. The van der Waals surface area contributed by atoms with Crippen LogP contribution in [0.15, 0.2) is 23.6 Å². The Morgan fingerprint density at radius 3 is 2.75 bits per heavy atom. The molecule has 0 amide bonds. The Morgan fingerprint density at radius 1 is 1.25 bits per heavy atom. The van der Waals surface area contributed by atoms with Crippen LogP contribution in [0.1, 0.15) is 35.7 Å². The number of aromatic nitrogens is 1. The van der Waals surface area contributed by atoms with Gasteiger partial charge in [-0.1, -0.05) is 19.9 Å². The van der Waals surface area contributed by atoms with Crippen molar-refractivity contribution in [2.75, 3.05) is 0 Å². The number of aryl methyl sites for hydroxylation is 2. The molecule has 1 aromatic carbocycles. The number of nitrogens with one attached hydrogen (secondary N) is 1. The lowest BCUT2D eigenvalue weighted by molar-refractivity contribution is 0.301. The number of thiazole rings is 1. The Labute approximate surface area is 125 Å². The minimum absolute atomic E-state index is 0.481. The fourth-order valence-electron chi connectivity index (χ4n) is 1.75. The Balaban J connectivity index is 1.89. The van der Waals surface area contributed by atoms with Crippen molar-refractivity contribution in [3.63, 3.8) is 0 Å². The first-order valence-corrected chi connectivity index (χ1v) is 7.79. The number of hydrogen-bond acceptors (Lipinski definition) is 4. The lowest BCUT2D eigenvalue weighted by atomic mass is 10.1. The molecule has 20 heavy (non-hydrogen) atoms. The molecule has 0 aliphatic rings. The molecular formula is C16H22N2OS. The Hall–Kier alpha value is -1.39. The van der Waals surface area contributed by atoms with Crippen LogP contribution >= 0.6 is 11.3 Å². The van der Waals surface area contributed by atoms with Crippen molar-refractivity contribution >= 4 is 11.3 Å². The van der Waals surface area contributed by atoms with Gasteiger partial charge in [0.25, 0.3) is 0 Å². The molecule has 2 rings (SSSR count). The van der Waals surface area contributed by atoms with Crippen molar-refractivity contribution in [1.82, 2.24) is 10.3 Å². The van der Waals surface area contributed by atoms with Crippen molar-refractivity contribution in [2.45, 2.75) is 46.9 Å². The van der Waals surface area contributed by atoms with Crippen molar-refractivity contribution in [1.29, 1.82) is 0 Å². The SMILES string of the molecule is Cc1ccc(OCc2csc(CNC(C)C)n2)cc1C. The fraction of sp³-hybridized carbons (Fsp3) is 0.438. The monoisotopic (exact) mass is 290 g/mol. The summed E-state index contributed by atoms with van der Waals surface area (Å²) in [5.74, 6) is 0.906. The number of benzene rings is 1. The highest BCUT2D eigenvalue weighted by Crippen LogP contribution is 2.18. The second kappa shape index (κ2) is 6.86. The highest BCUT2D eigenvalue weighted by molar-refractivity contribution is 7.09. The molecular weight excluding hydrogens is 268 g/mol. The molecule has 0 aliphatic carbocycles. The number of nitrogens with zero attached hydrogens (tertiary/aromatic N) is 1. The van der Waals surface area contributed by atoms with Gasteiger partial charge in [-0.2, -0.15) is 0 Å². The summed E-state index contributed by atoms with van der Waals surface area (Å²) in [6.45, 7) is 9.83. The summed E-state index contributed by atoms with van der Waals surface area (Å²) in [6, 6.07) is 6.65. The molecule has 2 aromatic rings. The molecule has 0 unspecified atom stereocenters. The van der Waals surface area contributed by atoms with Gasteiger partial charge < -0.3 is 10.1 Å². The highest BCUT2D eigenvalue weighted by Gasteiger charge is 2.04. The van der Waals surface area contributed by atoms with E-state index in [1.165, 1.54) is 11.1 Å². The van der Waals surface area contributed by atoms with Crippen LogP contribution in [0.3, 0.4) is 0 Å². The van der Waals surface area contributed by atoms with Gasteiger partial charge in [0.2, 0.25) is 0 Å². The molecule has 1 aromatic heterocycles. The predicted octanol–water partition coefficient (Wildman–Crippen LogP) is 3.84. The predicted molar refractivity (Wildman–Crippen MR) is 84.3 cm³/mol. The van der Waals surface area contributed by atoms with Gasteiger partial charge in [-0.05, 0) is 37.1 Å². The van der Waals surface area contributed by atoms with E-state index < -0.39 is 0 Å². The maximum atomic E-state index is 5.79. The van der Waals surface area contributed by atoms with Gasteiger partial charge in [0.15, 0.2) is 0 Å². The zero-order valence-corrected chi connectivity index (χ0v) is 13.4. The van der Waals surface area contributed by atoms with Crippen molar-refractivity contribution in [3.05, 3.63) is 45.4 Å². The Bertz CT molecular complexity index is 563. The minimum Gasteiger partial charge on any atom is -0.487 e. The minimum atomic E-state index is 0.481. The van der Waals surface area contributed by atoms with E-state index in [1.807, 2.05) is 6.07 Å². The van der Waals surface area contributed by atoms with E-state index in [4.69, 9.17) is 4.74 Å². The second-order valence-electron chi connectivity index (χ2n) is 5.30. The molecule has 0 saturated carbocycles. The zero-order valence-electron chi connectivity index (χ0n) is 12.6. The molecule has 0 aliphatic heterocycles. The molecule has 0 fully saturated rings. The van der Waals surface area contributed by atoms with Gasteiger partial charge in [0.1, 0.15) is 17.4 Å². The molecule has 0 radical (unpaired) electrons. The third kappa shape index (κ3) is 4.32. The topological polar surface area (TPSA) is 34.1 Å². The van der Waals surface area contributed by atoms with Crippen LogP contribution < -0.4 is 10.1 Å². The normalized spacial score (nSPS) is 11.1. The maximum Gasteiger partial charge on any atom is 0.131 e. The van der Waals surface area contributed by atoms with E-state index in [2.05, 4.69) is 55.5 Å². The van der Waals surface area contributed by atoms with Crippen LogP contribution in [0.2, 0.25) is 0 Å². The van der Waals surface area contributed by atoms with Gasteiger partial charge in [-0.15, -0.1) is 11.3 Å². The molecule has 108 valence electrons. The van der Waals surface area contributed by atoms with Crippen LogP contribution in [0.5, 0.6) is 5.75 Å². The molecule has 0 saturated heterocycles. The van der Waals surface area contributed by atoms with Crippen molar-refractivity contribution in [3.8, 4) is 5.75 Å². The summed E-state index contributed by atoms with van der Waals surface area (Å²) in [7, 11) is 0. The smallest absolute Gasteiger partial charge is 0.131 e. The molecule has 4 heteroatoms. The van der Waals surface area contributed by atoms with Gasteiger partial charge in [-0.25, -0.2) is 4.98 Å². The average Bonchev–Trinajstić information content (AvgIpc) is 2.86. The van der Waals surface area contributed by atoms with E-state index in [9.17, 15) is 0 Å². The van der Waals surface area contributed by atoms with Crippen molar-refractivity contribution < 1.29 is 4.74 Å². The molecule has 3 nitrogen and oxygen atoms in total. The summed E-state index contributed by atoms with van der Waals surface area (Å²) in [6.07, 6.45) is 0. The molecule has 0 atom stereocenters. The standard InChI is InChI=1S/C16H22N2OS/c1-11(2)17-8-16-18-14(10-20-16)9-19-15-6-5-12(3)13(4)7-15/h5-7,10-11,17H,8-9H2,1-4H3. The van der Waals surface area contributed by atoms with E-state index in [0.29, 0.717) is 12.6 Å². The maximum absolute atomic E-state index is 5.79. The second-order valence-corrected chi connectivity index (χ2v) is 6.25. The van der Waals surface area contributed by atoms with Crippen molar-refractivity contribution in [2.24, 2.45) is 0 Å². The quantitative estimate of drug-likeness (QED) is 0.877. The summed E-state index contributed by atoms with van der Waals surface area (Å²) in [5.41, 5.74) is 3.53. The number of ether oxygens (including phenoxy) is 1. The van der Waals surface area contributed by atoms with Crippen LogP contribution in [0, 0.1) is 13.8 Å². The third-order valence-corrected chi connectivity index (χ3v) is 4.02. The summed E-state index contributed by atoms with van der Waals surface area (Å²) in [5, 5.41) is 6.55.